The molecule has 1 aromatic carbocycles. The summed E-state index contributed by atoms with van der Waals surface area (Å²) >= 11 is 0. The average Bonchev–Trinajstić information content (AvgIpc) is 2.45. The smallest absolute Gasteiger partial charge is 0.224 e. The van der Waals surface area contributed by atoms with Crippen LogP contribution in [0.15, 0.2) is 24.3 Å². The fourth-order valence-electron chi connectivity index (χ4n) is 3.04. The van der Waals surface area contributed by atoms with Gasteiger partial charge in [0.25, 0.3) is 0 Å². The third-order valence-corrected chi connectivity index (χ3v) is 4.22. The maximum Gasteiger partial charge on any atom is 0.224 e. The van der Waals surface area contributed by atoms with Gasteiger partial charge < -0.3 is 9.80 Å². The van der Waals surface area contributed by atoms with E-state index < -0.39 is 0 Å². The van der Waals surface area contributed by atoms with Crippen LogP contribution >= 0.6 is 0 Å². The molecule has 0 aliphatic carbocycles. The van der Waals surface area contributed by atoms with E-state index in [9.17, 15) is 9.59 Å². The molecule has 0 saturated carbocycles. The molecule has 0 unspecified atom stereocenters. The highest BCUT2D eigenvalue weighted by atomic mass is 16.2. The lowest BCUT2D eigenvalue weighted by molar-refractivity contribution is -0.136. The van der Waals surface area contributed by atoms with E-state index in [-0.39, 0.29) is 17.4 Å². The van der Waals surface area contributed by atoms with Gasteiger partial charge in [0.2, 0.25) is 11.8 Å². The number of carbonyl (C=O) groups is 2. The first-order valence-electron chi connectivity index (χ1n) is 7.92. The molecule has 2 rings (SSSR count). The summed E-state index contributed by atoms with van der Waals surface area (Å²) in [5.41, 5.74) is 2.33. The quantitative estimate of drug-likeness (QED) is 0.861. The Morgan fingerprint density at radius 1 is 1.18 bits per heavy atom. The monoisotopic (exact) mass is 302 g/mol. The second kappa shape index (κ2) is 6.51. The fraction of sp³-hybridized carbons (Fsp3) is 0.556. The molecule has 120 valence electrons. The van der Waals surface area contributed by atoms with Gasteiger partial charge in [0.15, 0.2) is 0 Å². The number of carbonyl (C=O) groups excluding carboxylic acids is 2. The number of amides is 2. The van der Waals surface area contributed by atoms with Gasteiger partial charge >= 0.3 is 0 Å². The second-order valence-electron chi connectivity index (χ2n) is 6.93. The maximum atomic E-state index is 12.4. The molecule has 4 heteroatoms. The average molecular weight is 302 g/mol. The molecular weight excluding hydrogens is 276 g/mol. The van der Waals surface area contributed by atoms with Crippen molar-refractivity contribution in [1.29, 1.82) is 0 Å². The Balaban J connectivity index is 1.95. The Hall–Kier alpha value is -1.84. The molecule has 0 atom stereocenters. The number of hydrogen-bond acceptors (Lipinski definition) is 2. The molecule has 0 spiro atoms. The van der Waals surface area contributed by atoms with Gasteiger partial charge in [0.05, 0.1) is 0 Å². The van der Waals surface area contributed by atoms with E-state index in [2.05, 4.69) is 12.1 Å². The van der Waals surface area contributed by atoms with E-state index in [1.807, 2.05) is 37.8 Å². The van der Waals surface area contributed by atoms with Crippen molar-refractivity contribution in [3.05, 3.63) is 35.4 Å². The number of hydrogen-bond donors (Lipinski definition) is 0. The molecule has 0 aromatic heterocycles. The van der Waals surface area contributed by atoms with Crippen LogP contribution < -0.4 is 0 Å². The van der Waals surface area contributed by atoms with Gasteiger partial charge in [-0.2, -0.15) is 0 Å². The largest absolute Gasteiger partial charge is 0.338 e. The maximum absolute atomic E-state index is 12.4. The van der Waals surface area contributed by atoms with Crippen LogP contribution in [-0.4, -0.2) is 40.2 Å². The summed E-state index contributed by atoms with van der Waals surface area (Å²) < 4.78 is 0. The summed E-state index contributed by atoms with van der Waals surface area (Å²) in [6, 6.07) is 8.29. The molecule has 0 radical (unpaired) electrons. The highest BCUT2D eigenvalue weighted by molar-refractivity contribution is 5.78. The normalized spacial score (nSPS) is 14.5. The number of fused-ring (bicyclic) bond motifs is 1. The topological polar surface area (TPSA) is 40.6 Å². The van der Waals surface area contributed by atoms with Crippen molar-refractivity contribution in [3.63, 3.8) is 0 Å². The van der Waals surface area contributed by atoms with Crippen molar-refractivity contribution in [2.75, 3.05) is 13.1 Å². The molecule has 4 nitrogen and oxygen atoms in total. The van der Waals surface area contributed by atoms with Crippen molar-refractivity contribution >= 4 is 11.8 Å². The van der Waals surface area contributed by atoms with E-state index in [1.54, 1.807) is 11.8 Å². The van der Waals surface area contributed by atoms with Crippen molar-refractivity contribution in [2.24, 2.45) is 0 Å². The Labute approximate surface area is 133 Å². The van der Waals surface area contributed by atoms with Crippen LogP contribution in [0.1, 0.15) is 45.2 Å². The summed E-state index contributed by atoms with van der Waals surface area (Å²) in [4.78, 5) is 27.9. The molecule has 0 saturated heterocycles. The minimum Gasteiger partial charge on any atom is -0.338 e. The molecule has 22 heavy (non-hydrogen) atoms. The minimum atomic E-state index is -0.249. The zero-order valence-corrected chi connectivity index (χ0v) is 14.1. The molecule has 1 heterocycles. The van der Waals surface area contributed by atoms with Crippen LogP contribution in [0, 0.1) is 0 Å². The first-order chi connectivity index (χ1) is 10.3. The van der Waals surface area contributed by atoms with Crippen LogP contribution in [-0.2, 0) is 22.6 Å². The highest BCUT2D eigenvalue weighted by Gasteiger charge is 2.26. The molecule has 1 aliphatic rings. The zero-order chi connectivity index (χ0) is 16.3. The lowest BCUT2D eigenvalue weighted by atomic mass is 9.99. The van der Waals surface area contributed by atoms with Crippen molar-refractivity contribution in [2.45, 2.75) is 52.6 Å². The van der Waals surface area contributed by atoms with Crippen molar-refractivity contribution in [1.82, 2.24) is 9.80 Å². The van der Waals surface area contributed by atoms with Crippen molar-refractivity contribution < 1.29 is 9.59 Å². The molecular formula is C18H26N2O2. The van der Waals surface area contributed by atoms with Crippen LogP contribution in [0.5, 0.6) is 0 Å². The van der Waals surface area contributed by atoms with Crippen LogP contribution in [0.25, 0.3) is 0 Å². The van der Waals surface area contributed by atoms with Crippen molar-refractivity contribution in [3.8, 4) is 0 Å². The van der Waals surface area contributed by atoms with Crippen LogP contribution in [0.2, 0.25) is 0 Å². The van der Waals surface area contributed by atoms with Gasteiger partial charge in [-0.3, -0.25) is 9.59 Å². The van der Waals surface area contributed by atoms with E-state index in [0.29, 0.717) is 19.5 Å². The summed E-state index contributed by atoms with van der Waals surface area (Å²) in [5.74, 6) is 0.147. The van der Waals surface area contributed by atoms with E-state index in [1.165, 1.54) is 11.1 Å². The van der Waals surface area contributed by atoms with Crippen LogP contribution in [0.4, 0.5) is 0 Å². The number of rotatable bonds is 3. The molecule has 2 amide bonds. The number of nitrogens with zero attached hydrogens (tertiary/aromatic N) is 2. The summed E-state index contributed by atoms with van der Waals surface area (Å²) in [5, 5.41) is 0. The molecule has 1 aliphatic heterocycles. The predicted molar refractivity (Wildman–Crippen MR) is 87.3 cm³/mol. The van der Waals surface area contributed by atoms with Gasteiger partial charge in [-0.15, -0.1) is 0 Å². The Bertz CT molecular complexity index is 560. The Morgan fingerprint density at radius 2 is 1.82 bits per heavy atom. The molecule has 0 fully saturated rings. The third-order valence-electron chi connectivity index (χ3n) is 4.22. The Morgan fingerprint density at radius 3 is 2.41 bits per heavy atom. The predicted octanol–water partition coefficient (Wildman–Crippen LogP) is 2.61. The summed E-state index contributed by atoms with van der Waals surface area (Å²) in [6.07, 6.45) is 1.30. The molecule has 0 N–H and O–H groups in total. The minimum absolute atomic E-state index is 0.0179. The van der Waals surface area contributed by atoms with E-state index in [0.717, 1.165) is 13.0 Å². The Kier molecular flexibility index (Phi) is 4.89. The van der Waals surface area contributed by atoms with Gasteiger partial charge in [0.1, 0.15) is 0 Å². The van der Waals surface area contributed by atoms with E-state index in [4.69, 9.17) is 0 Å². The first-order valence-corrected chi connectivity index (χ1v) is 7.92. The lowest BCUT2D eigenvalue weighted by Crippen LogP contribution is -2.46. The first kappa shape index (κ1) is 16.5. The van der Waals surface area contributed by atoms with Gasteiger partial charge in [-0.05, 0) is 38.3 Å². The summed E-state index contributed by atoms with van der Waals surface area (Å²) in [6.45, 7) is 9.49. The van der Waals surface area contributed by atoms with Crippen LogP contribution in [0.3, 0.4) is 0 Å². The molecule has 0 bridgehead atoms. The lowest BCUT2D eigenvalue weighted by Gasteiger charge is -2.36. The third kappa shape index (κ3) is 3.87. The standard InChI is InChI=1S/C18H26N2O2/c1-14(21)20(18(2,3)4)12-10-17(22)19-11-9-15-7-5-6-8-16(15)13-19/h5-8H,9-13H2,1-4H3. The summed E-state index contributed by atoms with van der Waals surface area (Å²) in [7, 11) is 0. The van der Waals surface area contributed by atoms with Gasteiger partial charge in [0, 0.05) is 38.5 Å². The molecule has 1 aromatic rings. The number of benzene rings is 1. The van der Waals surface area contributed by atoms with Gasteiger partial charge in [-0.1, -0.05) is 24.3 Å². The second-order valence-corrected chi connectivity index (χ2v) is 6.93. The SMILES string of the molecule is CC(=O)N(CCC(=O)N1CCc2ccccc2C1)C(C)(C)C. The zero-order valence-electron chi connectivity index (χ0n) is 14.1. The van der Waals surface area contributed by atoms with Gasteiger partial charge in [-0.25, -0.2) is 0 Å². The highest BCUT2D eigenvalue weighted by Crippen LogP contribution is 2.20. The van der Waals surface area contributed by atoms with E-state index >= 15 is 0 Å². The fourth-order valence-corrected chi connectivity index (χ4v) is 3.04.